The van der Waals surface area contributed by atoms with E-state index in [0.29, 0.717) is 34.2 Å². The number of rotatable bonds is 6. The molecular weight excluding hydrogens is 427 g/mol. The number of hydrogen-bond donors (Lipinski definition) is 1. The van der Waals surface area contributed by atoms with Crippen LogP contribution in [0.1, 0.15) is 18.4 Å². The van der Waals surface area contributed by atoms with E-state index in [4.69, 9.17) is 16.3 Å². The van der Waals surface area contributed by atoms with E-state index in [1.807, 2.05) is 24.3 Å². The number of anilines is 1. The molecule has 0 amide bonds. The summed E-state index contributed by atoms with van der Waals surface area (Å²) in [6.07, 6.45) is 2.26. The van der Waals surface area contributed by atoms with Gasteiger partial charge in [0.15, 0.2) is 0 Å². The maximum Gasteiger partial charge on any atom is 0.148 e. The molecule has 1 saturated heterocycles. The molecule has 32 heavy (non-hydrogen) atoms. The van der Waals surface area contributed by atoms with Crippen LogP contribution < -0.4 is 10.1 Å². The summed E-state index contributed by atoms with van der Waals surface area (Å²) in [6.45, 7) is 3.16. The molecule has 1 aliphatic heterocycles. The second kappa shape index (κ2) is 9.04. The highest BCUT2D eigenvalue weighted by Gasteiger charge is 2.41. The molecule has 1 aliphatic carbocycles. The summed E-state index contributed by atoms with van der Waals surface area (Å²) in [6, 6.07) is 16.6. The standard InChI is InChI=1S/C25H26ClFN4O/c1-32-24-5-3-2-4-16(24)13-31-14-17-10-20(11-18(17)15-31)28-25-9-8-23(29-30-25)21-12-19(27)6-7-22(21)26/h2-9,12,17-18,20H,10-11,13-15H2,1H3,(H,28,30). The van der Waals surface area contributed by atoms with Crippen molar-refractivity contribution in [2.75, 3.05) is 25.5 Å². The fourth-order valence-electron chi connectivity index (χ4n) is 5.17. The van der Waals surface area contributed by atoms with Crippen molar-refractivity contribution in [3.8, 4) is 17.0 Å². The van der Waals surface area contributed by atoms with Crippen LogP contribution in [0, 0.1) is 17.7 Å². The molecule has 0 spiro atoms. The maximum atomic E-state index is 13.6. The SMILES string of the molecule is COc1ccccc1CN1CC2CC(Nc3ccc(-c4cc(F)ccc4Cl)nn3)CC2C1. The summed E-state index contributed by atoms with van der Waals surface area (Å²) in [5.41, 5.74) is 2.37. The predicted octanol–water partition coefficient (Wildman–Crippen LogP) is 5.27. The molecule has 2 atom stereocenters. The van der Waals surface area contributed by atoms with Crippen molar-refractivity contribution in [3.63, 3.8) is 0 Å². The van der Waals surface area contributed by atoms with Gasteiger partial charge in [-0.15, -0.1) is 10.2 Å². The molecule has 5 rings (SSSR count). The zero-order valence-electron chi connectivity index (χ0n) is 18.0. The molecule has 7 heteroatoms. The van der Waals surface area contributed by atoms with Crippen LogP contribution in [0.5, 0.6) is 5.75 Å². The molecule has 0 radical (unpaired) electrons. The van der Waals surface area contributed by atoms with Crippen LogP contribution in [-0.2, 0) is 6.54 Å². The lowest BCUT2D eigenvalue weighted by molar-refractivity contribution is 0.294. The molecule has 1 saturated carbocycles. The summed E-state index contributed by atoms with van der Waals surface area (Å²) in [5.74, 6) is 2.76. The summed E-state index contributed by atoms with van der Waals surface area (Å²) < 4.78 is 19.1. The van der Waals surface area contributed by atoms with Gasteiger partial charge in [0.05, 0.1) is 17.8 Å². The van der Waals surface area contributed by atoms with Crippen LogP contribution in [0.15, 0.2) is 54.6 Å². The van der Waals surface area contributed by atoms with Gasteiger partial charge in [0.1, 0.15) is 17.4 Å². The van der Waals surface area contributed by atoms with Gasteiger partial charge in [-0.1, -0.05) is 29.8 Å². The molecule has 0 bridgehead atoms. The molecule has 5 nitrogen and oxygen atoms in total. The molecule has 166 valence electrons. The Labute approximate surface area is 192 Å². The van der Waals surface area contributed by atoms with Crippen LogP contribution in [0.4, 0.5) is 10.2 Å². The zero-order valence-corrected chi connectivity index (χ0v) is 18.7. The molecule has 2 heterocycles. The van der Waals surface area contributed by atoms with E-state index in [1.54, 1.807) is 7.11 Å². The summed E-state index contributed by atoms with van der Waals surface area (Å²) in [7, 11) is 1.73. The average Bonchev–Trinajstić information content (AvgIpc) is 3.34. The number of para-hydroxylation sites is 1. The minimum Gasteiger partial charge on any atom is -0.496 e. The van der Waals surface area contributed by atoms with Gasteiger partial charge < -0.3 is 10.1 Å². The molecule has 2 aromatic carbocycles. The van der Waals surface area contributed by atoms with Crippen molar-refractivity contribution >= 4 is 17.4 Å². The zero-order chi connectivity index (χ0) is 22.1. The number of benzene rings is 2. The Balaban J connectivity index is 1.17. The highest BCUT2D eigenvalue weighted by atomic mass is 35.5. The van der Waals surface area contributed by atoms with Gasteiger partial charge in [-0.3, -0.25) is 4.90 Å². The largest absolute Gasteiger partial charge is 0.496 e. The number of aromatic nitrogens is 2. The average molecular weight is 453 g/mol. The fraction of sp³-hybridized carbons (Fsp3) is 0.360. The Morgan fingerprint density at radius 2 is 1.84 bits per heavy atom. The second-order valence-corrected chi connectivity index (χ2v) is 9.17. The summed E-state index contributed by atoms with van der Waals surface area (Å²) in [5, 5.41) is 12.6. The first-order valence-corrected chi connectivity index (χ1v) is 11.4. The lowest BCUT2D eigenvalue weighted by atomic mass is 10.0. The van der Waals surface area contributed by atoms with E-state index in [9.17, 15) is 4.39 Å². The van der Waals surface area contributed by atoms with Crippen LogP contribution in [0.3, 0.4) is 0 Å². The van der Waals surface area contributed by atoms with E-state index < -0.39 is 0 Å². The van der Waals surface area contributed by atoms with Gasteiger partial charge >= 0.3 is 0 Å². The van der Waals surface area contributed by atoms with Gasteiger partial charge in [0, 0.05) is 36.8 Å². The molecular formula is C25H26ClFN4O. The number of fused-ring (bicyclic) bond motifs is 1. The highest BCUT2D eigenvalue weighted by molar-refractivity contribution is 6.33. The van der Waals surface area contributed by atoms with Gasteiger partial charge in [-0.25, -0.2) is 4.39 Å². The highest BCUT2D eigenvalue weighted by Crippen LogP contribution is 2.40. The van der Waals surface area contributed by atoms with Crippen molar-refractivity contribution in [2.24, 2.45) is 11.8 Å². The fourth-order valence-corrected chi connectivity index (χ4v) is 5.39. The summed E-state index contributed by atoms with van der Waals surface area (Å²) in [4.78, 5) is 2.54. The van der Waals surface area contributed by atoms with Gasteiger partial charge in [0.25, 0.3) is 0 Å². The predicted molar refractivity (Wildman–Crippen MR) is 124 cm³/mol. The lowest BCUT2D eigenvalue weighted by Crippen LogP contribution is -2.25. The number of nitrogens with zero attached hydrogens (tertiary/aromatic N) is 3. The van der Waals surface area contributed by atoms with Crippen LogP contribution in [0.2, 0.25) is 5.02 Å². The van der Waals surface area contributed by atoms with Crippen molar-refractivity contribution < 1.29 is 9.13 Å². The van der Waals surface area contributed by atoms with Crippen molar-refractivity contribution in [1.82, 2.24) is 15.1 Å². The number of ether oxygens (including phenoxy) is 1. The molecule has 2 aliphatic rings. The van der Waals surface area contributed by atoms with Crippen LogP contribution in [0.25, 0.3) is 11.3 Å². The minimum absolute atomic E-state index is 0.342. The molecule has 2 unspecified atom stereocenters. The Hall–Kier alpha value is -2.70. The van der Waals surface area contributed by atoms with E-state index in [1.165, 1.54) is 23.8 Å². The Morgan fingerprint density at radius 1 is 1.06 bits per heavy atom. The smallest absolute Gasteiger partial charge is 0.148 e. The monoisotopic (exact) mass is 452 g/mol. The van der Waals surface area contributed by atoms with Crippen molar-refractivity contribution in [1.29, 1.82) is 0 Å². The molecule has 3 aromatic rings. The van der Waals surface area contributed by atoms with E-state index >= 15 is 0 Å². The van der Waals surface area contributed by atoms with E-state index in [2.05, 4.69) is 32.5 Å². The molecule has 2 fully saturated rings. The van der Waals surface area contributed by atoms with Gasteiger partial charge in [0.2, 0.25) is 0 Å². The first-order chi connectivity index (χ1) is 15.6. The first kappa shape index (κ1) is 21.2. The summed E-state index contributed by atoms with van der Waals surface area (Å²) >= 11 is 6.18. The third kappa shape index (κ3) is 4.43. The Morgan fingerprint density at radius 3 is 2.56 bits per heavy atom. The van der Waals surface area contributed by atoms with Crippen LogP contribution in [-0.4, -0.2) is 41.3 Å². The molecule has 1 N–H and O–H groups in total. The van der Waals surface area contributed by atoms with E-state index in [0.717, 1.165) is 44.0 Å². The van der Waals surface area contributed by atoms with Gasteiger partial charge in [-0.05, 0) is 61.1 Å². The minimum atomic E-state index is -0.342. The number of likely N-dealkylation sites (tertiary alicyclic amines) is 1. The normalized spacial score (nSPS) is 22.7. The quantitative estimate of drug-likeness (QED) is 0.552. The Bertz CT molecular complexity index is 1080. The first-order valence-electron chi connectivity index (χ1n) is 11.0. The third-order valence-corrected chi connectivity index (χ3v) is 6.96. The van der Waals surface area contributed by atoms with Crippen LogP contribution >= 0.6 is 11.6 Å². The Kier molecular flexibility index (Phi) is 5.98. The second-order valence-electron chi connectivity index (χ2n) is 8.77. The van der Waals surface area contributed by atoms with E-state index in [-0.39, 0.29) is 5.82 Å². The van der Waals surface area contributed by atoms with Gasteiger partial charge in [-0.2, -0.15) is 0 Å². The van der Waals surface area contributed by atoms with Crippen molar-refractivity contribution in [3.05, 3.63) is 71.0 Å². The number of hydrogen-bond acceptors (Lipinski definition) is 5. The van der Waals surface area contributed by atoms with Crippen molar-refractivity contribution in [2.45, 2.75) is 25.4 Å². The number of nitrogens with one attached hydrogen (secondary N) is 1. The number of halogens is 2. The third-order valence-electron chi connectivity index (χ3n) is 6.63. The maximum absolute atomic E-state index is 13.6. The lowest BCUT2D eigenvalue weighted by Gasteiger charge is -2.20. The topological polar surface area (TPSA) is 50.3 Å². The molecule has 1 aromatic heterocycles. The number of methoxy groups -OCH3 is 1.